The first-order valence-electron chi connectivity index (χ1n) is 10.6. The molecule has 8 heteroatoms. The van der Waals surface area contributed by atoms with Gasteiger partial charge in [0.1, 0.15) is 17.3 Å². The standard InChI is InChI=1S/C24H25FN2O5/c25-18-6-2-17(3-7-18)22(29)20-21(16-4-8-19(28)9-5-16)27(24(31)23(20)30)11-1-10-26-12-14-32-15-13-26/h2-9,21,28-29H,1,10-15H2/t21-/m0/s1. The van der Waals surface area contributed by atoms with Crippen LogP contribution in [0.3, 0.4) is 0 Å². The Morgan fingerprint density at radius 1 is 1.00 bits per heavy atom. The zero-order chi connectivity index (χ0) is 22.7. The Morgan fingerprint density at radius 3 is 2.31 bits per heavy atom. The lowest BCUT2D eigenvalue weighted by Gasteiger charge is -2.29. The van der Waals surface area contributed by atoms with E-state index in [0.29, 0.717) is 31.7 Å². The van der Waals surface area contributed by atoms with Gasteiger partial charge >= 0.3 is 0 Å². The normalized spacial score (nSPS) is 21.3. The fourth-order valence-corrected chi connectivity index (χ4v) is 4.17. The number of carbonyl (C=O) groups is 2. The van der Waals surface area contributed by atoms with Gasteiger partial charge < -0.3 is 19.8 Å². The molecule has 2 aromatic carbocycles. The highest BCUT2D eigenvalue weighted by Crippen LogP contribution is 2.39. The number of halogens is 1. The van der Waals surface area contributed by atoms with Crippen molar-refractivity contribution >= 4 is 17.4 Å². The molecule has 1 amide bonds. The molecule has 2 aliphatic rings. The first-order chi connectivity index (χ1) is 15.5. The van der Waals surface area contributed by atoms with Crippen LogP contribution in [0.4, 0.5) is 4.39 Å². The predicted octanol–water partition coefficient (Wildman–Crippen LogP) is 2.68. The van der Waals surface area contributed by atoms with Crippen LogP contribution in [0, 0.1) is 5.82 Å². The molecule has 1 atom stereocenters. The molecule has 2 saturated heterocycles. The minimum absolute atomic E-state index is 0.0429. The number of aliphatic hydroxyl groups excluding tert-OH is 1. The molecule has 0 saturated carbocycles. The van der Waals surface area contributed by atoms with E-state index in [9.17, 15) is 24.2 Å². The summed E-state index contributed by atoms with van der Waals surface area (Å²) in [7, 11) is 0. The van der Waals surface area contributed by atoms with Crippen LogP contribution >= 0.6 is 0 Å². The average Bonchev–Trinajstić information content (AvgIpc) is 3.05. The molecule has 0 bridgehead atoms. The van der Waals surface area contributed by atoms with Gasteiger partial charge in [-0.15, -0.1) is 0 Å². The van der Waals surface area contributed by atoms with Gasteiger partial charge in [0.25, 0.3) is 11.7 Å². The second kappa shape index (κ2) is 9.50. The number of phenolic OH excluding ortho intramolecular Hbond substituents is 1. The van der Waals surface area contributed by atoms with Gasteiger partial charge in [0.05, 0.1) is 24.8 Å². The Hall–Kier alpha value is -3.23. The molecule has 0 spiro atoms. The summed E-state index contributed by atoms with van der Waals surface area (Å²) in [4.78, 5) is 29.6. The second-order valence-electron chi connectivity index (χ2n) is 7.90. The van der Waals surface area contributed by atoms with Gasteiger partial charge in [0, 0.05) is 31.7 Å². The number of aromatic hydroxyl groups is 1. The number of aliphatic hydroxyl groups is 1. The first-order valence-corrected chi connectivity index (χ1v) is 10.6. The van der Waals surface area contributed by atoms with Crippen molar-refractivity contribution in [2.24, 2.45) is 0 Å². The van der Waals surface area contributed by atoms with E-state index < -0.39 is 23.5 Å². The van der Waals surface area contributed by atoms with Crippen molar-refractivity contribution in [3.8, 4) is 5.75 Å². The summed E-state index contributed by atoms with van der Waals surface area (Å²) in [6.45, 7) is 4.08. The Balaban J connectivity index is 1.66. The van der Waals surface area contributed by atoms with Crippen molar-refractivity contribution in [2.45, 2.75) is 12.5 Å². The van der Waals surface area contributed by atoms with E-state index in [-0.39, 0.29) is 22.6 Å². The molecule has 168 valence electrons. The van der Waals surface area contributed by atoms with Gasteiger partial charge in [-0.25, -0.2) is 4.39 Å². The quantitative estimate of drug-likeness (QED) is 0.408. The first kappa shape index (κ1) is 22.0. The van der Waals surface area contributed by atoms with Gasteiger partial charge in [-0.1, -0.05) is 12.1 Å². The number of Topliss-reactive ketones (excluding diaryl/α,β-unsaturated/α-hetero) is 1. The molecule has 4 rings (SSSR count). The minimum atomic E-state index is -0.801. The molecule has 2 aromatic rings. The number of phenols is 1. The molecule has 32 heavy (non-hydrogen) atoms. The Kier molecular flexibility index (Phi) is 6.53. The topological polar surface area (TPSA) is 90.3 Å². The van der Waals surface area contributed by atoms with Crippen LogP contribution in [0.1, 0.15) is 23.6 Å². The lowest BCUT2D eigenvalue weighted by molar-refractivity contribution is -0.140. The van der Waals surface area contributed by atoms with Crippen LogP contribution in [-0.4, -0.2) is 71.1 Å². The van der Waals surface area contributed by atoms with E-state index in [2.05, 4.69) is 4.90 Å². The molecule has 0 unspecified atom stereocenters. The highest BCUT2D eigenvalue weighted by atomic mass is 19.1. The number of hydrogen-bond acceptors (Lipinski definition) is 6. The maximum atomic E-state index is 13.3. The Morgan fingerprint density at radius 2 is 1.66 bits per heavy atom. The Bertz CT molecular complexity index is 1010. The predicted molar refractivity (Wildman–Crippen MR) is 115 cm³/mol. The summed E-state index contributed by atoms with van der Waals surface area (Å²) >= 11 is 0. The van der Waals surface area contributed by atoms with E-state index in [1.54, 1.807) is 12.1 Å². The van der Waals surface area contributed by atoms with Crippen molar-refractivity contribution in [1.29, 1.82) is 0 Å². The third kappa shape index (κ3) is 4.51. The zero-order valence-electron chi connectivity index (χ0n) is 17.5. The summed E-state index contributed by atoms with van der Waals surface area (Å²) in [5.74, 6) is -2.24. The lowest BCUT2D eigenvalue weighted by atomic mass is 9.95. The summed E-state index contributed by atoms with van der Waals surface area (Å²) in [5.41, 5.74) is 0.803. The van der Waals surface area contributed by atoms with Gasteiger partial charge in [-0.2, -0.15) is 0 Å². The van der Waals surface area contributed by atoms with Gasteiger partial charge in [-0.3, -0.25) is 14.5 Å². The van der Waals surface area contributed by atoms with Gasteiger partial charge in [0.2, 0.25) is 0 Å². The fourth-order valence-electron chi connectivity index (χ4n) is 4.17. The van der Waals surface area contributed by atoms with Crippen molar-refractivity contribution in [2.75, 3.05) is 39.4 Å². The highest BCUT2D eigenvalue weighted by molar-refractivity contribution is 6.46. The number of rotatable bonds is 6. The molecular weight excluding hydrogens is 415 g/mol. The number of carbonyl (C=O) groups excluding carboxylic acids is 2. The van der Waals surface area contributed by atoms with Gasteiger partial charge in [-0.05, 0) is 48.4 Å². The van der Waals surface area contributed by atoms with Crippen molar-refractivity contribution < 1.29 is 28.9 Å². The third-order valence-electron chi connectivity index (χ3n) is 5.84. The summed E-state index contributed by atoms with van der Waals surface area (Å²) < 4.78 is 18.7. The lowest BCUT2D eigenvalue weighted by Crippen LogP contribution is -2.38. The number of likely N-dealkylation sites (tertiary alicyclic amines) is 1. The number of ether oxygens (including phenoxy) is 1. The second-order valence-corrected chi connectivity index (χ2v) is 7.90. The monoisotopic (exact) mass is 440 g/mol. The van der Waals surface area contributed by atoms with Crippen LogP contribution < -0.4 is 0 Å². The summed E-state index contributed by atoms with van der Waals surface area (Å²) in [5, 5.41) is 20.6. The van der Waals surface area contributed by atoms with E-state index in [0.717, 1.165) is 19.6 Å². The molecule has 2 heterocycles. The van der Waals surface area contributed by atoms with Crippen LogP contribution in [0.2, 0.25) is 0 Å². The molecule has 2 fully saturated rings. The SMILES string of the molecule is O=C1C(=O)N(CCCN2CCOCC2)[C@@H](c2ccc(O)cc2)C1=C(O)c1ccc(F)cc1. The van der Waals surface area contributed by atoms with Crippen LogP contribution in [0.15, 0.2) is 54.1 Å². The number of benzene rings is 2. The highest BCUT2D eigenvalue weighted by Gasteiger charge is 2.45. The van der Waals surface area contributed by atoms with Crippen LogP contribution in [-0.2, 0) is 14.3 Å². The van der Waals surface area contributed by atoms with Crippen LogP contribution in [0.25, 0.3) is 5.76 Å². The van der Waals surface area contributed by atoms with E-state index in [4.69, 9.17) is 4.74 Å². The smallest absolute Gasteiger partial charge is 0.295 e. The summed E-state index contributed by atoms with van der Waals surface area (Å²) in [6.07, 6.45) is 0.651. The summed E-state index contributed by atoms with van der Waals surface area (Å²) in [6, 6.07) is 10.5. The largest absolute Gasteiger partial charge is 0.508 e. The van der Waals surface area contributed by atoms with Crippen molar-refractivity contribution in [1.82, 2.24) is 9.80 Å². The zero-order valence-corrected chi connectivity index (χ0v) is 17.5. The van der Waals surface area contributed by atoms with Crippen molar-refractivity contribution in [3.05, 3.63) is 71.0 Å². The number of nitrogens with zero attached hydrogens (tertiary/aromatic N) is 2. The number of hydrogen-bond donors (Lipinski definition) is 2. The van der Waals surface area contributed by atoms with Crippen LogP contribution in [0.5, 0.6) is 5.75 Å². The molecule has 0 aromatic heterocycles. The molecule has 7 nitrogen and oxygen atoms in total. The maximum absolute atomic E-state index is 13.3. The fraction of sp³-hybridized carbons (Fsp3) is 0.333. The number of morpholine rings is 1. The van der Waals surface area contributed by atoms with Gasteiger partial charge in [0.15, 0.2) is 0 Å². The van der Waals surface area contributed by atoms with Crippen molar-refractivity contribution in [3.63, 3.8) is 0 Å². The van der Waals surface area contributed by atoms with E-state index in [1.807, 2.05) is 0 Å². The Labute approximate surface area is 185 Å². The van der Waals surface area contributed by atoms with E-state index >= 15 is 0 Å². The molecule has 0 aliphatic carbocycles. The van der Waals surface area contributed by atoms with E-state index in [1.165, 1.54) is 41.3 Å². The third-order valence-corrected chi connectivity index (χ3v) is 5.84. The number of ketones is 1. The molecule has 0 radical (unpaired) electrons. The minimum Gasteiger partial charge on any atom is -0.508 e. The maximum Gasteiger partial charge on any atom is 0.295 e. The average molecular weight is 440 g/mol. The molecule has 2 N–H and O–H groups in total. The number of amides is 1. The molecular formula is C24H25FN2O5. The molecule has 2 aliphatic heterocycles.